The molecular formula is C35H36N2O7S. The molecule has 0 saturated carbocycles. The van der Waals surface area contributed by atoms with Crippen LogP contribution in [-0.2, 0) is 32.2 Å². The lowest BCUT2D eigenvalue weighted by Gasteiger charge is -2.41. The molecule has 1 aromatic heterocycles. The Labute approximate surface area is 266 Å². The van der Waals surface area contributed by atoms with E-state index in [1.807, 2.05) is 78.9 Å². The van der Waals surface area contributed by atoms with Gasteiger partial charge in [-0.15, -0.1) is 0 Å². The van der Waals surface area contributed by atoms with Crippen LogP contribution in [0.25, 0.3) is 11.1 Å². The van der Waals surface area contributed by atoms with Crippen molar-refractivity contribution < 1.29 is 34.0 Å². The fraction of sp³-hybridized carbons (Fsp3) is 0.286. The first-order valence-corrected chi connectivity index (χ1v) is 15.8. The quantitative estimate of drug-likeness (QED) is 0.106. The van der Waals surface area contributed by atoms with Crippen molar-refractivity contribution in [1.29, 1.82) is 0 Å². The van der Waals surface area contributed by atoms with Crippen molar-refractivity contribution in [3.05, 3.63) is 125 Å². The van der Waals surface area contributed by atoms with Gasteiger partial charge in [-0.1, -0.05) is 79.3 Å². The minimum atomic E-state index is -1.00. The summed E-state index contributed by atoms with van der Waals surface area (Å²) in [6.07, 6.45) is 0.0370. The summed E-state index contributed by atoms with van der Waals surface area (Å²) in [5, 5.41) is 34.0. The molecule has 1 aliphatic heterocycles. The molecule has 4 aromatic rings. The molecule has 0 radical (unpaired) electrons. The maximum atomic E-state index is 12.3. The van der Waals surface area contributed by atoms with E-state index in [9.17, 15) is 19.9 Å². The van der Waals surface area contributed by atoms with Gasteiger partial charge in [0, 0.05) is 42.3 Å². The summed E-state index contributed by atoms with van der Waals surface area (Å²) in [6, 6.07) is 28.8. The molecule has 1 aliphatic rings. The van der Waals surface area contributed by atoms with Crippen molar-refractivity contribution in [3.63, 3.8) is 0 Å². The van der Waals surface area contributed by atoms with Gasteiger partial charge in [0.25, 0.3) is 5.03 Å². The molecule has 45 heavy (non-hydrogen) atoms. The van der Waals surface area contributed by atoms with Gasteiger partial charge in [0.05, 0.1) is 25.2 Å². The summed E-state index contributed by atoms with van der Waals surface area (Å²) in [7, 11) is 0. The van der Waals surface area contributed by atoms with E-state index in [0.717, 1.165) is 38.1 Å². The van der Waals surface area contributed by atoms with Crippen LogP contribution in [0.15, 0.2) is 102 Å². The predicted octanol–water partition coefficient (Wildman–Crippen LogP) is 5.54. The van der Waals surface area contributed by atoms with Crippen LogP contribution in [-0.4, -0.2) is 33.9 Å². The third-order valence-electron chi connectivity index (χ3n) is 7.78. The summed E-state index contributed by atoms with van der Waals surface area (Å²) in [6.45, 7) is 2.34. The monoisotopic (exact) mass is 628 g/mol. The number of aliphatic hydroxyl groups is 1. The average Bonchev–Trinajstić information content (AvgIpc) is 3.07. The van der Waals surface area contributed by atoms with E-state index in [4.69, 9.17) is 14.6 Å². The molecule has 10 heteroatoms. The molecule has 1 saturated heterocycles. The van der Waals surface area contributed by atoms with Crippen molar-refractivity contribution in [2.45, 2.75) is 56.4 Å². The molecule has 9 nitrogen and oxygen atoms in total. The Morgan fingerprint density at radius 2 is 1.64 bits per heavy atom. The topological polar surface area (TPSA) is 132 Å². The van der Waals surface area contributed by atoms with Crippen LogP contribution >= 0.6 is 11.8 Å². The van der Waals surface area contributed by atoms with Crippen molar-refractivity contribution in [1.82, 2.24) is 5.32 Å². The molecule has 1 amide bonds. The first kappa shape index (κ1) is 32.2. The van der Waals surface area contributed by atoms with Crippen molar-refractivity contribution >= 4 is 23.6 Å². The number of pyridine rings is 1. The smallest absolute Gasteiger partial charge is 0.303 e. The molecular weight excluding hydrogens is 592 g/mol. The SMILES string of the molecule is C[C@H]1[C@@H](CSc2cccc[n+]2[O-])O[C@@H](c2cccc(-c3cccc(CNC(=O)CCC(=O)O)c3)c2)O[C@H]1c1ccc(CO)cc1. The lowest BCUT2D eigenvalue weighted by molar-refractivity contribution is -0.645. The van der Waals surface area contributed by atoms with Crippen molar-refractivity contribution in [2.24, 2.45) is 5.92 Å². The summed E-state index contributed by atoms with van der Waals surface area (Å²) in [5.74, 6) is -0.784. The number of benzene rings is 3. The summed E-state index contributed by atoms with van der Waals surface area (Å²) >= 11 is 1.45. The molecule has 2 heterocycles. The van der Waals surface area contributed by atoms with Gasteiger partial charge in [0.1, 0.15) is 0 Å². The van der Waals surface area contributed by atoms with E-state index in [-0.39, 0.29) is 43.5 Å². The zero-order valence-electron chi connectivity index (χ0n) is 24.9. The molecule has 5 rings (SSSR count). The molecule has 4 atom stereocenters. The fourth-order valence-electron chi connectivity index (χ4n) is 5.24. The Kier molecular flexibility index (Phi) is 10.9. The number of rotatable bonds is 12. The van der Waals surface area contributed by atoms with Gasteiger partial charge in [-0.25, -0.2) is 0 Å². The number of aliphatic hydroxyl groups excluding tert-OH is 1. The lowest BCUT2D eigenvalue weighted by atomic mass is 9.91. The Balaban J connectivity index is 1.36. The first-order chi connectivity index (χ1) is 21.8. The zero-order valence-corrected chi connectivity index (χ0v) is 25.7. The third-order valence-corrected chi connectivity index (χ3v) is 8.89. The van der Waals surface area contributed by atoms with Gasteiger partial charge >= 0.3 is 5.97 Å². The normalized spacial score (nSPS) is 19.6. The second-order valence-electron chi connectivity index (χ2n) is 11.0. The number of aliphatic carboxylic acids is 1. The van der Waals surface area contributed by atoms with Crippen LogP contribution < -0.4 is 10.0 Å². The minimum Gasteiger partial charge on any atom is -0.618 e. The van der Waals surface area contributed by atoms with Gasteiger partial charge in [-0.2, -0.15) is 4.73 Å². The van der Waals surface area contributed by atoms with Crippen LogP contribution in [0.1, 0.15) is 54.4 Å². The Morgan fingerprint density at radius 1 is 0.889 bits per heavy atom. The highest BCUT2D eigenvalue weighted by Crippen LogP contribution is 2.43. The number of amides is 1. The number of hydrogen-bond acceptors (Lipinski definition) is 7. The number of nitrogens with one attached hydrogen (secondary N) is 1. The Bertz CT molecular complexity index is 1610. The summed E-state index contributed by atoms with van der Waals surface area (Å²) in [5.41, 5.74) is 5.43. The van der Waals surface area contributed by atoms with E-state index in [0.29, 0.717) is 17.3 Å². The number of nitrogens with zero attached hydrogens (tertiary/aromatic N) is 1. The van der Waals surface area contributed by atoms with Crippen LogP contribution in [0.3, 0.4) is 0 Å². The minimum absolute atomic E-state index is 0.0249. The molecule has 0 aliphatic carbocycles. The zero-order chi connectivity index (χ0) is 31.8. The van der Waals surface area contributed by atoms with E-state index >= 15 is 0 Å². The molecule has 0 bridgehead atoms. The van der Waals surface area contributed by atoms with Crippen LogP contribution in [0.5, 0.6) is 0 Å². The highest BCUT2D eigenvalue weighted by Gasteiger charge is 2.38. The van der Waals surface area contributed by atoms with Crippen molar-refractivity contribution in [2.75, 3.05) is 5.75 Å². The Morgan fingerprint density at radius 3 is 2.38 bits per heavy atom. The fourth-order valence-corrected chi connectivity index (χ4v) is 6.32. The van der Waals surface area contributed by atoms with Gasteiger partial charge < -0.3 is 30.2 Å². The van der Waals surface area contributed by atoms with E-state index in [1.54, 1.807) is 12.1 Å². The highest BCUT2D eigenvalue weighted by molar-refractivity contribution is 7.99. The molecule has 234 valence electrons. The van der Waals surface area contributed by atoms with Gasteiger partial charge in [-0.3, -0.25) is 9.59 Å². The molecule has 3 N–H and O–H groups in total. The number of carbonyl (C=O) groups excluding carboxylic acids is 1. The van der Waals surface area contributed by atoms with Crippen LogP contribution in [0.4, 0.5) is 0 Å². The number of hydrogen-bond donors (Lipinski definition) is 3. The van der Waals surface area contributed by atoms with E-state index < -0.39 is 12.3 Å². The standard InChI is InChI=1S/C35H36N2O7S/c1-23-30(22-45-32-10-2-3-17-37(32)42)43-35(44-34(23)26-13-11-24(21-38)12-14-26)29-9-5-8-28(19-29)27-7-4-6-25(18-27)20-36-31(39)15-16-33(40)41/h2-14,17-19,23,30,34-35,38H,15-16,20-22H2,1H3,(H,36,39)(H,40,41)/t23-,30+,34+,35+/m0/s1. The Hall–Kier alpha value is -4.22. The average molecular weight is 629 g/mol. The number of thioether (sulfide) groups is 1. The predicted molar refractivity (Wildman–Crippen MR) is 170 cm³/mol. The van der Waals surface area contributed by atoms with Crippen LogP contribution in [0.2, 0.25) is 0 Å². The second kappa shape index (κ2) is 15.2. The van der Waals surface area contributed by atoms with E-state index in [2.05, 4.69) is 12.2 Å². The van der Waals surface area contributed by atoms with Gasteiger partial charge in [0.2, 0.25) is 5.91 Å². The highest BCUT2D eigenvalue weighted by atomic mass is 32.2. The maximum absolute atomic E-state index is 12.3. The van der Waals surface area contributed by atoms with E-state index in [1.165, 1.54) is 18.0 Å². The molecule has 0 spiro atoms. The maximum Gasteiger partial charge on any atom is 0.303 e. The number of aromatic nitrogens is 1. The largest absolute Gasteiger partial charge is 0.618 e. The number of carboxylic acids is 1. The lowest BCUT2D eigenvalue weighted by Crippen LogP contribution is -2.39. The first-order valence-electron chi connectivity index (χ1n) is 14.8. The molecule has 0 unspecified atom stereocenters. The molecule has 1 fully saturated rings. The van der Waals surface area contributed by atoms with Crippen molar-refractivity contribution in [3.8, 4) is 11.1 Å². The third kappa shape index (κ3) is 8.49. The number of ether oxygens (including phenoxy) is 2. The molecule has 3 aromatic carbocycles. The second-order valence-corrected chi connectivity index (χ2v) is 12.0. The summed E-state index contributed by atoms with van der Waals surface area (Å²) in [4.78, 5) is 22.8. The van der Waals surface area contributed by atoms with Gasteiger partial charge in [0.15, 0.2) is 12.5 Å². The van der Waals surface area contributed by atoms with Gasteiger partial charge in [-0.05, 0) is 46.0 Å². The summed E-state index contributed by atoms with van der Waals surface area (Å²) < 4.78 is 14.1. The van der Waals surface area contributed by atoms with Crippen LogP contribution in [0, 0.1) is 11.1 Å². The number of carboxylic acid groups (broad SMARTS) is 1. The number of carbonyl (C=O) groups is 2.